The number of benzene rings is 1. The zero-order chi connectivity index (χ0) is 9.97. The van der Waals surface area contributed by atoms with Gasteiger partial charge in [-0.2, -0.15) is 0 Å². The summed E-state index contributed by atoms with van der Waals surface area (Å²) in [6, 6.07) is 7.62. The second kappa shape index (κ2) is 3.51. The number of H-pyrrole nitrogens is 2. The van der Waals surface area contributed by atoms with Gasteiger partial charge in [0.1, 0.15) is 0 Å². The van der Waals surface area contributed by atoms with Gasteiger partial charge in [0.25, 0.3) is 5.56 Å². The van der Waals surface area contributed by atoms with Crippen LogP contribution in [-0.4, -0.2) is 10.2 Å². The van der Waals surface area contributed by atoms with Crippen molar-refractivity contribution in [3.05, 3.63) is 46.4 Å². The molecule has 4 heteroatoms. The molecule has 0 saturated heterocycles. The third kappa shape index (κ3) is 1.47. The quantitative estimate of drug-likeness (QED) is 0.654. The van der Waals surface area contributed by atoms with Crippen molar-refractivity contribution in [3.63, 3.8) is 0 Å². The maximum Gasteiger partial charge on any atom is 0.271 e. The summed E-state index contributed by atoms with van der Waals surface area (Å²) in [6.07, 6.45) is 1.65. The van der Waals surface area contributed by atoms with Crippen molar-refractivity contribution >= 4 is 0 Å². The number of hydrogen-bond donors (Lipinski definition) is 3. The fraction of sp³-hybridized carbons (Fsp3) is 0.100. The highest BCUT2D eigenvalue weighted by Gasteiger charge is 2.02. The average molecular weight is 189 g/mol. The van der Waals surface area contributed by atoms with Gasteiger partial charge < -0.3 is 10.8 Å². The Hall–Kier alpha value is -1.81. The number of aromatic nitrogens is 2. The van der Waals surface area contributed by atoms with Crippen LogP contribution in [0.1, 0.15) is 5.56 Å². The van der Waals surface area contributed by atoms with Crippen molar-refractivity contribution < 1.29 is 0 Å². The van der Waals surface area contributed by atoms with Gasteiger partial charge in [-0.05, 0) is 11.1 Å². The van der Waals surface area contributed by atoms with Crippen LogP contribution >= 0.6 is 0 Å². The lowest BCUT2D eigenvalue weighted by Crippen LogP contribution is -2.01. The minimum Gasteiger partial charge on any atom is -0.326 e. The molecule has 0 spiro atoms. The minimum atomic E-state index is -0.106. The van der Waals surface area contributed by atoms with Crippen LogP contribution in [0.25, 0.3) is 11.1 Å². The molecule has 4 nitrogen and oxygen atoms in total. The standard InChI is InChI=1S/C10H11N3O/c11-5-7-1-3-8(4-2-7)9-6-12-13-10(9)14/h1-4,6H,5,11H2,(H2,12,13,14). The lowest BCUT2D eigenvalue weighted by Gasteiger charge is -1.98. The predicted molar refractivity (Wildman–Crippen MR) is 54.7 cm³/mol. The van der Waals surface area contributed by atoms with Crippen LogP contribution in [0.5, 0.6) is 0 Å². The average Bonchev–Trinajstić information content (AvgIpc) is 2.65. The van der Waals surface area contributed by atoms with E-state index in [1.165, 1.54) is 0 Å². The third-order valence-electron chi connectivity index (χ3n) is 2.15. The van der Waals surface area contributed by atoms with Crippen LogP contribution in [0, 0.1) is 0 Å². The van der Waals surface area contributed by atoms with E-state index >= 15 is 0 Å². The normalized spacial score (nSPS) is 10.4. The summed E-state index contributed by atoms with van der Waals surface area (Å²) in [4.78, 5) is 11.3. The zero-order valence-electron chi connectivity index (χ0n) is 7.58. The third-order valence-corrected chi connectivity index (χ3v) is 2.15. The molecule has 14 heavy (non-hydrogen) atoms. The van der Waals surface area contributed by atoms with Gasteiger partial charge in [0.2, 0.25) is 0 Å². The summed E-state index contributed by atoms with van der Waals surface area (Å²) < 4.78 is 0. The molecule has 1 aromatic heterocycles. The smallest absolute Gasteiger partial charge is 0.271 e. The molecule has 0 bridgehead atoms. The van der Waals surface area contributed by atoms with Gasteiger partial charge >= 0.3 is 0 Å². The van der Waals surface area contributed by atoms with Gasteiger partial charge in [-0.1, -0.05) is 24.3 Å². The molecule has 0 amide bonds. The highest BCUT2D eigenvalue weighted by molar-refractivity contribution is 5.61. The first kappa shape index (κ1) is 8.77. The highest BCUT2D eigenvalue weighted by Crippen LogP contribution is 2.14. The van der Waals surface area contributed by atoms with E-state index in [4.69, 9.17) is 5.73 Å². The second-order valence-corrected chi connectivity index (χ2v) is 3.06. The van der Waals surface area contributed by atoms with Crippen molar-refractivity contribution in [1.29, 1.82) is 0 Å². The zero-order valence-corrected chi connectivity index (χ0v) is 7.58. The van der Waals surface area contributed by atoms with Gasteiger partial charge in [0.05, 0.1) is 5.56 Å². The molecule has 0 aliphatic rings. The van der Waals surface area contributed by atoms with E-state index < -0.39 is 0 Å². The van der Waals surface area contributed by atoms with E-state index in [1.807, 2.05) is 24.3 Å². The molecule has 2 rings (SSSR count). The fourth-order valence-electron chi connectivity index (χ4n) is 1.34. The van der Waals surface area contributed by atoms with Crippen LogP contribution in [0.4, 0.5) is 0 Å². The molecule has 0 unspecified atom stereocenters. The summed E-state index contributed by atoms with van der Waals surface area (Å²) in [5.74, 6) is 0. The van der Waals surface area contributed by atoms with Crippen LogP contribution in [0.2, 0.25) is 0 Å². The molecule has 2 aromatic rings. The molecule has 72 valence electrons. The summed E-state index contributed by atoms with van der Waals surface area (Å²) in [7, 11) is 0. The van der Waals surface area contributed by atoms with Crippen molar-refractivity contribution in [1.82, 2.24) is 10.2 Å². The molecule has 4 N–H and O–H groups in total. The number of nitrogens with one attached hydrogen (secondary N) is 2. The first-order valence-electron chi connectivity index (χ1n) is 4.36. The molecular formula is C10H11N3O. The predicted octanol–water partition coefficient (Wildman–Crippen LogP) is 0.829. The molecule has 0 atom stereocenters. The van der Waals surface area contributed by atoms with Gasteiger partial charge in [0, 0.05) is 12.7 Å². The molecule has 0 fully saturated rings. The van der Waals surface area contributed by atoms with Crippen LogP contribution < -0.4 is 11.3 Å². The van der Waals surface area contributed by atoms with Gasteiger partial charge in [-0.15, -0.1) is 0 Å². The lowest BCUT2D eigenvalue weighted by atomic mass is 10.1. The summed E-state index contributed by atoms with van der Waals surface area (Å²) in [5, 5.41) is 5.15. The van der Waals surface area contributed by atoms with Crippen molar-refractivity contribution in [2.45, 2.75) is 6.54 Å². The Morgan fingerprint density at radius 1 is 1.21 bits per heavy atom. The summed E-state index contributed by atoms with van der Waals surface area (Å²) >= 11 is 0. The maximum absolute atomic E-state index is 11.3. The first-order chi connectivity index (χ1) is 6.81. The SMILES string of the molecule is NCc1ccc(-c2c[nH][nH]c2=O)cc1. The Bertz CT molecular complexity index is 467. The van der Waals surface area contributed by atoms with Crippen LogP contribution in [-0.2, 0) is 6.54 Å². The molecule has 0 aliphatic carbocycles. The summed E-state index contributed by atoms with van der Waals surface area (Å²) in [6.45, 7) is 0.518. The van der Waals surface area contributed by atoms with E-state index in [0.717, 1.165) is 11.1 Å². The number of aromatic amines is 2. The van der Waals surface area contributed by atoms with E-state index in [0.29, 0.717) is 12.1 Å². The van der Waals surface area contributed by atoms with E-state index in [1.54, 1.807) is 6.20 Å². The highest BCUT2D eigenvalue weighted by atomic mass is 16.1. The Balaban J connectivity index is 2.44. The minimum absolute atomic E-state index is 0.106. The largest absolute Gasteiger partial charge is 0.326 e. The monoisotopic (exact) mass is 189 g/mol. The van der Waals surface area contributed by atoms with Gasteiger partial charge in [-0.25, -0.2) is 0 Å². The molecular weight excluding hydrogens is 178 g/mol. The van der Waals surface area contributed by atoms with E-state index in [9.17, 15) is 4.79 Å². The lowest BCUT2D eigenvalue weighted by molar-refractivity contribution is 1.06. The van der Waals surface area contributed by atoms with Crippen LogP contribution in [0.15, 0.2) is 35.3 Å². The Morgan fingerprint density at radius 3 is 2.43 bits per heavy atom. The molecule has 1 aromatic carbocycles. The Kier molecular flexibility index (Phi) is 2.20. The van der Waals surface area contributed by atoms with Crippen molar-refractivity contribution in [2.24, 2.45) is 5.73 Å². The Labute approximate surface area is 80.8 Å². The van der Waals surface area contributed by atoms with E-state index in [2.05, 4.69) is 10.2 Å². The number of nitrogens with two attached hydrogens (primary N) is 1. The van der Waals surface area contributed by atoms with E-state index in [-0.39, 0.29) is 5.56 Å². The fourth-order valence-corrected chi connectivity index (χ4v) is 1.34. The van der Waals surface area contributed by atoms with Crippen LogP contribution in [0.3, 0.4) is 0 Å². The molecule has 1 heterocycles. The number of hydrogen-bond acceptors (Lipinski definition) is 2. The first-order valence-corrected chi connectivity index (χ1v) is 4.36. The van der Waals surface area contributed by atoms with Gasteiger partial charge in [-0.3, -0.25) is 9.89 Å². The topological polar surface area (TPSA) is 74.7 Å². The van der Waals surface area contributed by atoms with Crippen molar-refractivity contribution in [2.75, 3.05) is 0 Å². The van der Waals surface area contributed by atoms with Gasteiger partial charge in [0.15, 0.2) is 0 Å². The second-order valence-electron chi connectivity index (χ2n) is 3.06. The maximum atomic E-state index is 11.3. The molecule has 0 radical (unpaired) electrons. The Morgan fingerprint density at radius 2 is 1.93 bits per heavy atom. The van der Waals surface area contributed by atoms with Crippen molar-refractivity contribution in [3.8, 4) is 11.1 Å². The molecule has 0 aliphatic heterocycles. The number of rotatable bonds is 2. The molecule has 0 saturated carbocycles. The summed E-state index contributed by atoms with van der Waals surface area (Å²) in [5.41, 5.74) is 7.96.